The molecule has 0 bridgehead atoms. The molecule has 4 rings (SSSR count). The van der Waals surface area contributed by atoms with E-state index in [0.29, 0.717) is 50.0 Å². The number of rotatable bonds is 5. The van der Waals surface area contributed by atoms with Crippen LogP contribution >= 0.6 is 0 Å². The third-order valence-corrected chi connectivity index (χ3v) is 5.09. The number of halogens is 1. The lowest BCUT2D eigenvalue weighted by atomic mass is 10.3. The van der Waals surface area contributed by atoms with Gasteiger partial charge >= 0.3 is 6.03 Å². The fraction of sp³-hybridized carbons (Fsp3) is 0.400. The summed E-state index contributed by atoms with van der Waals surface area (Å²) >= 11 is 0. The van der Waals surface area contributed by atoms with E-state index in [9.17, 15) is 14.0 Å². The maximum absolute atomic E-state index is 13.1. The Hall–Kier alpha value is -3.23. The minimum absolute atomic E-state index is 0.0237. The molecule has 0 N–H and O–H groups in total. The number of urea groups is 1. The fourth-order valence-corrected chi connectivity index (χ4v) is 3.58. The van der Waals surface area contributed by atoms with Crippen molar-refractivity contribution in [1.82, 2.24) is 19.8 Å². The van der Waals surface area contributed by atoms with E-state index in [4.69, 9.17) is 4.74 Å². The second-order valence-corrected chi connectivity index (χ2v) is 7.14. The van der Waals surface area contributed by atoms with Crippen LogP contribution < -0.4 is 9.64 Å². The Morgan fingerprint density at radius 1 is 1.21 bits per heavy atom. The largest absolute Gasteiger partial charge is 0.472 e. The number of ether oxygens (including phenoxy) is 1. The number of hydrogen-bond acceptors (Lipinski definition) is 5. The lowest BCUT2D eigenvalue weighted by Gasteiger charge is -2.22. The van der Waals surface area contributed by atoms with Crippen LogP contribution in [0.4, 0.5) is 14.9 Å². The Bertz CT molecular complexity index is 907. The van der Waals surface area contributed by atoms with Crippen molar-refractivity contribution in [2.24, 2.45) is 0 Å². The summed E-state index contributed by atoms with van der Waals surface area (Å²) in [6, 6.07) is 7.23. The van der Waals surface area contributed by atoms with E-state index in [2.05, 4.69) is 9.97 Å². The lowest BCUT2D eigenvalue weighted by Crippen LogP contribution is -2.42. The summed E-state index contributed by atoms with van der Waals surface area (Å²) in [5.41, 5.74) is 0.626. The minimum Gasteiger partial charge on any atom is -0.472 e. The highest BCUT2D eigenvalue weighted by Crippen LogP contribution is 2.21. The van der Waals surface area contributed by atoms with Crippen LogP contribution in [-0.4, -0.2) is 70.5 Å². The van der Waals surface area contributed by atoms with E-state index in [-0.39, 0.29) is 30.4 Å². The molecule has 29 heavy (non-hydrogen) atoms. The zero-order valence-electron chi connectivity index (χ0n) is 16.1. The monoisotopic (exact) mass is 399 g/mol. The average molecular weight is 399 g/mol. The topological polar surface area (TPSA) is 78.9 Å². The summed E-state index contributed by atoms with van der Waals surface area (Å²) in [5, 5.41) is 0. The van der Waals surface area contributed by atoms with Gasteiger partial charge in [0.05, 0.1) is 6.54 Å². The van der Waals surface area contributed by atoms with Gasteiger partial charge in [-0.15, -0.1) is 0 Å². The number of hydrogen-bond donors (Lipinski definition) is 0. The van der Waals surface area contributed by atoms with Crippen LogP contribution in [-0.2, 0) is 4.79 Å². The number of likely N-dealkylation sites (tertiary alicyclic amines) is 1. The Morgan fingerprint density at radius 3 is 2.76 bits per heavy atom. The number of amides is 3. The molecule has 2 fully saturated rings. The normalized spacial score (nSPS) is 19.2. The van der Waals surface area contributed by atoms with Gasteiger partial charge in [0, 0.05) is 44.0 Å². The maximum Gasteiger partial charge on any atom is 0.325 e. The molecule has 1 atom stereocenters. The van der Waals surface area contributed by atoms with Gasteiger partial charge in [-0.25, -0.2) is 14.2 Å². The molecule has 9 heteroatoms. The zero-order chi connectivity index (χ0) is 20.4. The van der Waals surface area contributed by atoms with Crippen molar-refractivity contribution in [3.63, 3.8) is 0 Å². The molecule has 3 amide bonds. The average Bonchev–Trinajstić information content (AvgIpc) is 3.30. The van der Waals surface area contributed by atoms with Crippen molar-refractivity contribution in [3.05, 3.63) is 48.2 Å². The van der Waals surface area contributed by atoms with Crippen molar-refractivity contribution in [2.45, 2.75) is 19.4 Å². The number of benzene rings is 1. The van der Waals surface area contributed by atoms with Crippen LogP contribution in [0.15, 0.2) is 36.5 Å². The Kier molecular flexibility index (Phi) is 5.28. The van der Waals surface area contributed by atoms with Gasteiger partial charge in [-0.2, -0.15) is 4.98 Å². The maximum atomic E-state index is 13.1. The van der Waals surface area contributed by atoms with Crippen LogP contribution in [0.1, 0.15) is 12.2 Å². The summed E-state index contributed by atoms with van der Waals surface area (Å²) in [4.78, 5) is 38.4. The number of nitrogens with zero attached hydrogens (tertiary/aromatic N) is 5. The number of aryl methyl sites for hydroxylation is 1. The lowest BCUT2D eigenvalue weighted by molar-refractivity contribution is -0.130. The number of aromatic nitrogens is 2. The first-order valence-corrected chi connectivity index (χ1v) is 9.56. The van der Waals surface area contributed by atoms with Crippen molar-refractivity contribution in [1.29, 1.82) is 0 Å². The molecule has 2 aliphatic heterocycles. The molecule has 0 spiro atoms. The van der Waals surface area contributed by atoms with Gasteiger partial charge in [-0.3, -0.25) is 9.69 Å². The van der Waals surface area contributed by atoms with Gasteiger partial charge in [0.15, 0.2) is 0 Å². The van der Waals surface area contributed by atoms with Crippen LogP contribution in [0, 0.1) is 12.7 Å². The van der Waals surface area contributed by atoms with Crippen LogP contribution in [0.3, 0.4) is 0 Å². The second kappa shape index (κ2) is 8.02. The van der Waals surface area contributed by atoms with E-state index in [1.165, 1.54) is 17.0 Å². The van der Waals surface area contributed by atoms with E-state index in [1.807, 2.05) is 0 Å². The Labute approximate surface area is 167 Å². The van der Waals surface area contributed by atoms with E-state index in [1.54, 1.807) is 41.1 Å². The molecule has 1 unspecified atom stereocenters. The first-order valence-electron chi connectivity index (χ1n) is 9.56. The van der Waals surface area contributed by atoms with Gasteiger partial charge in [-0.1, -0.05) is 0 Å². The number of carbonyl (C=O) groups excluding carboxylic acids is 2. The molecule has 2 saturated heterocycles. The van der Waals surface area contributed by atoms with Crippen molar-refractivity contribution >= 4 is 17.6 Å². The summed E-state index contributed by atoms with van der Waals surface area (Å²) in [5.74, 6) is 0.674. The predicted molar refractivity (Wildman–Crippen MR) is 103 cm³/mol. The summed E-state index contributed by atoms with van der Waals surface area (Å²) < 4.78 is 18.9. The molecule has 1 aromatic heterocycles. The SMILES string of the molecule is Cc1nccc(OC2CCN(C(=O)CN3CCN(c4ccc(F)cc4)C3=O)C2)n1. The van der Waals surface area contributed by atoms with Crippen molar-refractivity contribution in [3.8, 4) is 5.88 Å². The van der Waals surface area contributed by atoms with Crippen LogP contribution in [0.2, 0.25) is 0 Å². The Balaban J connectivity index is 1.30. The van der Waals surface area contributed by atoms with Crippen LogP contribution in [0.5, 0.6) is 5.88 Å². The quantitative estimate of drug-likeness (QED) is 0.767. The van der Waals surface area contributed by atoms with Gasteiger partial charge in [0.1, 0.15) is 24.3 Å². The molecule has 1 aromatic carbocycles. The molecule has 8 nitrogen and oxygen atoms in total. The zero-order valence-corrected chi connectivity index (χ0v) is 16.1. The molecule has 2 aliphatic rings. The minimum atomic E-state index is -0.352. The molecular weight excluding hydrogens is 377 g/mol. The standard InChI is InChI=1S/C20H22FN5O3/c1-14-22-8-6-18(23-14)29-17-7-9-24(12-17)19(27)13-25-10-11-26(20(25)28)16-4-2-15(21)3-5-16/h2-6,8,17H,7,9-13H2,1H3. The summed E-state index contributed by atoms with van der Waals surface area (Å²) in [6.45, 7) is 3.78. The highest BCUT2D eigenvalue weighted by Gasteiger charge is 2.34. The van der Waals surface area contributed by atoms with Crippen molar-refractivity contribution in [2.75, 3.05) is 37.6 Å². The first kappa shape index (κ1) is 19.1. The third-order valence-electron chi connectivity index (χ3n) is 5.09. The number of anilines is 1. The van der Waals surface area contributed by atoms with Crippen LogP contribution in [0.25, 0.3) is 0 Å². The molecule has 0 aliphatic carbocycles. The fourth-order valence-electron chi connectivity index (χ4n) is 3.58. The molecule has 3 heterocycles. The van der Waals surface area contributed by atoms with Gasteiger partial charge in [0.25, 0.3) is 0 Å². The molecule has 2 aromatic rings. The van der Waals surface area contributed by atoms with E-state index >= 15 is 0 Å². The highest BCUT2D eigenvalue weighted by molar-refractivity contribution is 5.96. The molecule has 152 valence electrons. The van der Waals surface area contributed by atoms with Gasteiger partial charge in [-0.05, 0) is 31.2 Å². The first-order chi connectivity index (χ1) is 14.0. The van der Waals surface area contributed by atoms with Gasteiger partial charge in [0.2, 0.25) is 11.8 Å². The highest BCUT2D eigenvalue weighted by atomic mass is 19.1. The smallest absolute Gasteiger partial charge is 0.325 e. The molecule has 0 radical (unpaired) electrons. The third kappa shape index (κ3) is 4.28. The predicted octanol–water partition coefficient (Wildman–Crippen LogP) is 1.85. The van der Waals surface area contributed by atoms with Gasteiger partial charge < -0.3 is 14.5 Å². The summed E-state index contributed by atoms with van der Waals surface area (Å²) in [7, 11) is 0. The molecular formula is C20H22FN5O3. The molecule has 0 saturated carbocycles. The number of carbonyl (C=O) groups is 2. The summed E-state index contributed by atoms with van der Waals surface area (Å²) in [6.07, 6.45) is 2.23. The van der Waals surface area contributed by atoms with Crippen molar-refractivity contribution < 1.29 is 18.7 Å². The van der Waals surface area contributed by atoms with E-state index < -0.39 is 0 Å². The Morgan fingerprint density at radius 2 is 2.00 bits per heavy atom. The van der Waals surface area contributed by atoms with E-state index in [0.717, 1.165) is 0 Å². The second-order valence-electron chi connectivity index (χ2n) is 7.14.